The molecule has 1 aliphatic heterocycles. The van der Waals surface area contributed by atoms with E-state index in [4.69, 9.17) is 4.74 Å². The van der Waals surface area contributed by atoms with Crippen LogP contribution in [-0.2, 0) is 4.74 Å². The van der Waals surface area contributed by atoms with Crippen LogP contribution >= 0.6 is 0 Å². The largest absolute Gasteiger partial charge is 0.381 e. The van der Waals surface area contributed by atoms with Gasteiger partial charge in [0.15, 0.2) is 0 Å². The van der Waals surface area contributed by atoms with Gasteiger partial charge in [0.2, 0.25) is 0 Å². The third-order valence-corrected chi connectivity index (χ3v) is 3.25. The molecule has 1 saturated carbocycles. The Morgan fingerprint density at radius 1 is 1.27 bits per heavy atom. The van der Waals surface area contributed by atoms with E-state index < -0.39 is 0 Å². The first-order chi connectivity index (χ1) is 5.33. The molecule has 0 amide bonds. The monoisotopic (exact) mass is 156 g/mol. The third-order valence-electron chi connectivity index (χ3n) is 3.25. The fourth-order valence-electron chi connectivity index (χ4n) is 2.05. The Bertz CT molecular complexity index is 114. The number of hydrogen-bond acceptors (Lipinski definition) is 1. The Hall–Kier alpha value is -0.0400. The minimum absolute atomic E-state index is 0.653. The predicted molar refractivity (Wildman–Crippen MR) is 47.6 cm³/mol. The highest BCUT2D eigenvalue weighted by atomic mass is 16.5. The summed E-state index contributed by atoms with van der Waals surface area (Å²) in [5.74, 6) is 0.944. The zero-order valence-corrected chi connectivity index (χ0v) is 8.02. The molecule has 2 unspecified atom stereocenters. The van der Waals surface area contributed by atoms with Gasteiger partial charge in [0.05, 0.1) is 6.61 Å². The lowest BCUT2D eigenvalue weighted by atomic mass is 9.61. The maximum absolute atomic E-state index is 5.37. The second-order valence-corrected chi connectivity index (χ2v) is 3.60. The Balaban J connectivity index is 0.000000281. The first-order valence-corrected chi connectivity index (χ1v) is 4.91. The number of ether oxygens (including phenoxy) is 1. The highest BCUT2D eigenvalue weighted by Gasteiger charge is 2.46. The minimum atomic E-state index is 0.653. The van der Waals surface area contributed by atoms with Crippen LogP contribution in [0.15, 0.2) is 0 Å². The lowest BCUT2D eigenvalue weighted by molar-refractivity contribution is 0.0282. The summed E-state index contributed by atoms with van der Waals surface area (Å²) < 4.78 is 5.37. The lowest BCUT2D eigenvalue weighted by Crippen LogP contribution is -2.38. The van der Waals surface area contributed by atoms with Crippen molar-refractivity contribution in [2.75, 3.05) is 13.2 Å². The van der Waals surface area contributed by atoms with Crippen LogP contribution in [0.3, 0.4) is 0 Å². The Kier molecular flexibility index (Phi) is 2.94. The summed E-state index contributed by atoms with van der Waals surface area (Å²) in [6, 6.07) is 0. The van der Waals surface area contributed by atoms with Gasteiger partial charge < -0.3 is 4.74 Å². The van der Waals surface area contributed by atoms with E-state index in [1.54, 1.807) is 0 Å². The van der Waals surface area contributed by atoms with Crippen LogP contribution < -0.4 is 0 Å². The van der Waals surface area contributed by atoms with Gasteiger partial charge in [0.1, 0.15) is 0 Å². The van der Waals surface area contributed by atoms with Crippen LogP contribution in [0.4, 0.5) is 0 Å². The summed E-state index contributed by atoms with van der Waals surface area (Å²) in [5, 5.41) is 0. The van der Waals surface area contributed by atoms with Crippen molar-refractivity contribution in [1.29, 1.82) is 0 Å². The Morgan fingerprint density at radius 3 is 2.18 bits per heavy atom. The average Bonchev–Trinajstić information content (AvgIpc) is 2.56. The van der Waals surface area contributed by atoms with Crippen LogP contribution in [0.2, 0.25) is 0 Å². The average molecular weight is 156 g/mol. The standard InChI is InChI=1S/C8H14O.C2H6/c1-7-2-3-8(7)4-5-9-6-8;1-2/h7H,2-6H2,1H3;1-2H3. The lowest BCUT2D eigenvalue weighted by Gasteiger charge is -2.44. The summed E-state index contributed by atoms with van der Waals surface area (Å²) in [5.41, 5.74) is 0.653. The van der Waals surface area contributed by atoms with Crippen molar-refractivity contribution in [1.82, 2.24) is 0 Å². The molecule has 1 aliphatic carbocycles. The molecule has 0 bridgehead atoms. The van der Waals surface area contributed by atoms with Crippen molar-refractivity contribution in [3.63, 3.8) is 0 Å². The van der Waals surface area contributed by atoms with E-state index in [9.17, 15) is 0 Å². The van der Waals surface area contributed by atoms with Crippen molar-refractivity contribution < 1.29 is 4.74 Å². The molecule has 1 heterocycles. The predicted octanol–water partition coefficient (Wildman–Crippen LogP) is 2.85. The van der Waals surface area contributed by atoms with E-state index in [0.29, 0.717) is 5.41 Å². The quantitative estimate of drug-likeness (QED) is 0.524. The van der Waals surface area contributed by atoms with E-state index in [-0.39, 0.29) is 0 Å². The molecular formula is C10H20O. The van der Waals surface area contributed by atoms with Crippen LogP contribution in [0.25, 0.3) is 0 Å². The summed E-state index contributed by atoms with van der Waals surface area (Å²) in [4.78, 5) is 0. The maximum atomic E-state index is 5.37. The molecule has 0 radical (unpaired) electrons. The van der Waals surface area contributed by atoms with Crippen molar-refractivity contribution in [3.05, 3.63) is 0 Å². The highest BCUT2D eigenvalue weighted by molar-refractivity contribution is 4.95. The van der Waals surface area contributed by atoms with Gasteiger partial charge in [0.25, 0.3) is 0 Å². The summed E-state index contributed by atoms with van der Waals surface area (Å²) in [6.07, 6.45) is 4.19. The fourth-order valence-corrected chi connectivity index (χ4v) is 2.05. The molecule has 2 atom stereocenters. The molecule has 1 nitrogen and oxygen atoms in total. The van der Waals surface area contributed by atoms with Crippen molar-refractivity contribution in [2.24, 2.45) is 11.3 Å². The van der Waals surface area contributed by atoms with E-state index >= 15 is 0 Å². The molecule has 2 fully saturated rings. The third kappa shape index (κ3) is 1.44. The van der Waals surface area contributed by atoms with Crippen molar-refractivity contribution >= 4 is 0 Å². The van der Waals surface area contributed by atoms with Gasteiger partial charge in [-0.15, -0.1) is 0 Å². The van der Waals surface area contributed by atoms with Crippen LogP contribution in [0.1, 0.15) is 40.0 Å². The fraction of sp³-hybridized carbons (Fsp3) is 1.00. The van der Waals surface area contributed by atoms with E-state index in [2.05, 4.69) is 6.92 Å². The highest BCUT2D eigenvalue weighted by Crippen LogP contribution is 2.51. The molecule has 0 aromatic rings. The molecule has 1 spiro atoms. The van der Waals surface area contributed by atoms with Crippen LogP contribution in [0.5, 0.6) is 0 Å². The number of rotatable bonds is 0. The van der Waals surface area contributed by atoms with Gasteiger partial charge in [-0.1, -0.05) is 20.8 Å². The molecule has 1 saturated heterocycles. The first-order valence-electron chi connectivity index (χ1n) is 4.91. The van der Waals surface area contributed by atoms with Gasteiger partial charge in [0, 0.05) is 6.61 Å². The zero-order valence-electron chi connectivity index (χ0n) is 8.02. The summed E-state index contributed by atoms with van der Waals surface area (Å²) in [7, 11) is 0. The minimum Gasteiger partial charge on any atom is -0.381 e. The summed E-state index contributed by atoms with van der Waals surface area (Å²) in [6.45, 7) is 8.43. The molecule has 11 heavy (non-hydrogen) atoms. The van der Waals surface area contributed by atoms with Gasteiger partial charge in [-0.2, -0.15) is 0 Å². The molecule has 0 aromatic heterocycles. The van der Waals surface area contributed by atoms with Gasteiger partial charge in [-0.05, 0) is 30.6 Å². The molecule has 1 heteroatoms. The first kappa shape index (κ1) is 9.05. The number of hydrogen-bond donors (Lipinski definition) is 0. The van der Waals surface area contributed by atoms with Crippen molar-refractivity contribution in [3.8, 4) is 0 Å². The van der Waals surface area contributed by atoms with Gasteiger partial charge >= 0.3 is 0 Å². The molecule has 0 N–H and O–H groups in total. The van der Waals surface area contributed by atoms with Gasteiger partial charge in [-0.3, -0.25) is 0 Å². The van der Waals surface area contributed by atoms with Crippen LogP contribution in [-0.4, -0.2) is 13.2 Å². The SMILES string of the molecule is CC.CC1CCC12CCOC2. The van der Waals surface area contributed by atoms with Gasteiger partial charge in [-0.25, -0.2) is 0 Å². The van der Waals surface area contributed by atoms with Crippen LogP contribution in [0, 0.1) is 11.3 Å². The molecular weight excluding hydrogens is 136 g/mol. The van der Waals surface area contributed by atoms with E-state index in [1.807, 2.05) is 13.8 Å². The Labute approximate surface area is 70.1 Å². The Morgan fingerprint density at radius 2 is 2.00 bits per heavy atom. The summed E-state index contributed by atoms with van der Waals surface area (Å²) >= 11 is 0. The van der Waals surface area contributed by atoms with E-state index in [1.165, 1.54) is 19.3 Å². The van der Waals surface area contributed by atoms with Crippen molar-refractivity contribution in [2.45, 2.75) is 40.0 Å². The second kappa shape index (κ2) is 3.57. The topological polar surface area (TPSA) is 9.23 Å². The molecule has 2 aliphatic rings. The smallest absolute Gasteiger partial charge is 0.0525 e. The zero-order chi connectivity index (χ0) is 8.32. The normalized spacial score (nSPS) is 41.2. The second-order valence-electron chi connectivity index (χ2n) is 3.60. The molecule has 66 valence electrons. The van der Waals surface area contributed by atoms with E-state index in [0.717, 1.165) is 19.1 Å². The molecule has 2 rings (SSSR count). The molecule has 0 aromatic carbocycles. The maximum Gasteiger partial charge on any atom is 0.0525 e.